The van der Waals surface area contributed by atoms with Gasteiger partial charge in [0.05, 0.1) is 6.04 Å². The molecular weight excluding hydrogens is 406 g/mol. The zero-order chi connectivity index (χ0) is 23.1. The monoisotopic (exact) mass is 437 g/mol. The van der Waals surface area contributed by atoms with E-state index in [1.807, 2.05) is 19.0 Å². The van der Waals surface area contributed by atoms with Crippen LogP contribution in [0.5, 0.6) is 0 Å². The van der Waals surface area contributed by atoms with Gasteiger partial charge < -0.3 is 20.9 Å². The van der Waals surface area contributed by atoms with Gasteiger partial charge in [0.25, 0.3) is 0 Å². The summed E-state index contributed by atoms with van der Waals surface area (Å²) in [4.78, 5) is 40.5. The molecule has 3 rings (SSSR count). The van der Waals surface area contributed by atoms with Gasteiger partial charge in [-0.1, -0.05) is 18.2 Å². The zero-order valence-corrected chi connectivity index (χ0v) is 18.9. The SMILES string of the molecule is CC(=O)Nc1cccc(NC(=O)C(=O)NC[C@@H](c2ccc(N(C)C)cc2)N2CCCC2)c1. The lowest BCUT2D eigenvalue weighted by molar-refractivity contribution is -0.136. The molecule has 0 radical (unpaired) electrons. The van der Waals surface area contributed by atoms with E-state index in [1.54, 1.807) is 24.3 Å². The van der Waals surface area contributed by atoms with Crippen LogP contribution in [0.1, 0.15) is 31.4 Å². The number of hydrogen-bond acceptors (Lipinski definition) is 5. The van der Waals surface area contributed by atoms with Crippen LogP contribution in [0.3, 0.4) is 0 Å². The number of likely N-dealkylation sites (tertiary alicyclic amines) is 1. The van der Waals surface area contributed by atoms with E-state index < -0.39 is 11.8 Å². The second-order valence-electron chi connectivity index (χ2n) is 8.17. The van der Waals surface area contributed by atoms with E-state index in [2.05, 4.69) is 45.1 Å². The van der Waals surface area contributed by atoms with Gasteiger partial charge in [0.2, 0.25) is 5.91 Å². The second-order valence-corrected chi connectivity index (χ2v) is 8.17. The number of carbonyl (C=O) groups is 3. The lowest BCUT2D eigenvalue weighted by atomic mass is 10.0. The molecule has 8 heteroatoms. The minimum atomic E-state index is -0.742. The van der Waals surface area contributed by atoms with Crippen LogP contribution in [0, 0.1) is 0 Å². The van der Waals surface area contributed by atoms with Gasteiger partial charge in [-0.25, -0.2) is 0 Å². The van der Waals surface area contributed by atoms with Crippen LogP contribution in [-0.4, -0.2) is 56.4 Å². The summed E-state index contributed by atoms with van der Waals surface area (Å²) < 4.78 is 0. The molecule has 1 atom stereocenters. The molecule has 2 aromatic carbocycles. The first-order valence-electron chi connectivity index (χ1n) is 10.8. The number of nitrogens with one attached hydrogen (secondary N) is 3. The molecule has 3 amide bonds. The smallest absolute Gasteiger partial charge is 0.313 e. The standard InChI is InChI=1S/C24H31N5O3/c1-17(30)26-19-7-6-8-20(15-19)27-24(32)23(31)25-16-22(29-13-4-5-14-29)18-9-11-21(12-10-18)28(2)3/h6-12,15,22H,4-5,13-14,16H2,1-3H3,(H,25,31)(H,26,30)(H,27,32)/t22-/m0/s1. The molecule has 0 bridgehead atoms. The van der Waals surface area contributed by atoms with Crippen LogP contribution in [0.25, 0.3) is 0 Å². The Hall–Kier alpha value is -3.39. The first-order chi connectivity index (χ1) is 15.3. The first kappa shape index (κ1) is 23.3. The second kappa shape index (κ2) is 10.8. The molecule has 1 aliphatic heterocycles. The summed E-state index contributed by atoms with van der Waals surface area (Å²) in [5.41, 5.74) is 3.21. The third kappa shape index (κ3) is 6.31. The van der Waals surface area contributed by atoms with E-state index in [-0.39, 0.29) is 11.9 Å². The summed E-state index contributed by atoms with van der Waals surface area (Å²) in [7, 11) is 4.00. The van der Waals surface area contributed by atoms with Crippen LogP contribution in [0.2, 0.25) is 0 Å². The maximum Gasteiger partial charge on any atom is 0.313 e. The van der Waals surface area contributed by atoms with Crippen molar-refractivity contribution in [2.45, 2.75) is 25.8 Å². The van der Waals surface area contributed by atoms with Crippen LogP contribution in [-0.2, 0) is 14.4 Å². The van der Waals surface area contributed by atoms with E-state index in [0.717, 1.165) is 37.2 Å². The molecule has 0 aliphatic carbocycles. The number of hydrogen-bond donors (Lipinski definition) is 3. The summed E-state index contributed by atoms with van der Waals surface area (Å²) in [6.07, 6.45) is 2.26. The molecule has 32 heavy (non-hydrogen) atoms. The molecule has 8 nitrogen and oxygen atoms in total. The predicted molar refractivity (Wildman–Crippen MR) is 127 cm³/mol. The average molecular weight is 438 g/mol. The van der Waals surface area contributed by atoms with Crippen LogP contribution in [0.15, 0.2) is 48.5 Å². The average Bonchev–Trinajstić information content (AvgIpc) is 3.28. The maximum atomic E-state index is 12.5. The highest BCUT2D eigenvalue weighted by molar-refractivity contribution is 6.39. The molecule has 1 aliphatic rings. The maximum absolute atomic E-state index is 12.5. The predicted octanol–water partition coefficient (Wildman–Crippen LogP) is 2.60. The first-order valence-corrected chi connectivity index (χ1v) is 10.8. The quantitative estimate of drug-likeness (QED) is 0.579. The highest BCUT2D eigenvalue weighted by atomic mass is 16.2. The molecule has 2 aromatic rings. The molecule has 1 heterocycles. The largest absolute Gasteiger partial charge is 0.378 e. The Morgan fingerprint density at radius 2 is 1.56 bits per heavy atom. The number of benzene rings is 2. The number of carbonyl (C=O) groups excluding carboxylic acids is 3. The van der Waals surface area contributed by atoms with Crippen molar-refractivity contribution < 1.29 is 14.4 Å². The molecule has 0 saturated carbocycles. The van der Waals surface area contributed by atoms with Gasteiger partial charge in [-0.15, -0.1) is 0 Å². The van der Waals surface area contributed by atoms with Crippen molar-refractivity contribution in [1.29, 1.82) is 0 Å². The Labute approximate surface area is 189 Å². The fraction of sp³-hybridized carbons (Fsp3) is 0.375. The minimum absolute atomic E-state index is 0.00792. The van der Waals surface area contributed by atoms with Gasteiger partial charge in [-0.2, -0.15) is 0 Å². The Kier molecular flexibility index (Phi) is 7.83. The van der Waals surface area contributed by atoms with Gasteiger partial charge in [0.15, 0.2) is 0 Å². The van der Waals surface area contributed by atoms with E-state index in [9.17, 15) is 14.4 Å². The summed E-state index contributed by atoms with van der Waals surface area (Å²) >= 11 is 0. The lowest BCUT2D eigenvalue weighted by Crippen LogP contribution is -2.41. The Balaban J connectivity index is 1.63. The topological polar surface area (TPSA) is 93.8 Å². The molecule has 1 saturated heterocycles. The fourth-order valence-electron chi connectivity index (χ4n) is 3.84. The molecule has 0 aromatic heterocycles. The molecule has 3 N–H and O–H groups in total. The lowest BCUT2D eigenvalue weighted by Gasteiger charge is -2.28. The fourth-order valence-corrected chi connectivity index (χ4v) is 3.84. The summed E-state index contributed by atoms with van der Waals surface area (Å²) in [6, 6.07) is 15.0. The van der Waals surface area contributed by atoms with E-state index in [4.69, 9.17) is 0 Å². The van der Waals surface area contributed by atoms with Gasteiger partial charge in [-0.05, 0) is 61.8 Å². The van der Waals surface area contributed by atoms with Crippen molar-refractivity contribution in [3.8, 4) is 0 Å². The molecular formula is C24H31N5O3. The van der Waals surface area contributed by atoms with Crippen molar-refractivity contribution in [3.05, 3.63) is 54.1 Å². The molecule has 0 spiro atoms. The van der Waals surface area contributed by atoms with E-state index in [0.29, 0.717) is 17.9 Å². The van der Waals surface area contributed by atoms with Crippen LogP contribution < -0.4 is 20.9 Å². The van der Waals surface area contributed by atoms with Crippen molar-refractivity contribution in [1.82, 2.24) is 10.2 Å². The zero-order valence-electron chi connectivity index (χ0n) is 18.9. The van der Waals surface area contributed by atoms with E-state index >= 15 is 0 Å². The third-order valence-corrected chi connectivity index (χ3v) is 5.48. The highest BCUT2D eigenvalue weighted by Gasteiger charge is 2.25. The van der Waals surface area contributed by atoms with E-state index in [1.165, 1.54) is 6.92 Å². The molecule has 1 fully saturated rings. The van der Waals surface area contributed by atoms with Crippen molar-refractivity contribution in [2.24, 2.45) is 0 Å². The Morgan fingerprint density at radius 3 is 2.16 bits per heavy atom. The van der Waals surface area contributed by atoms with Gasteiger partial charge >= 0.3 is 11.8 Å². The third-order valence-electron chi connectivity index (χ3n) is 5.48. The Bertz CT molecular complexity index is 952. The molecule has 0 unspecified atom stereocenters. The van der Waals surface area contributed by atoms with Gasteiger partial charge in [0.1, 0.15) is 0 Å². The number of anilines is 3. The summed E-state index contributed by atoms with van der Waals surface area (Å²) in [5.74, 6) is -1.64. The van der Waals surface area contributed by atoms with Crippen LogP contribution in [0.4, 0.5) is 17.1 Å². The van der Waals surface area contributed by atoms with Gasteiger partial charge in [0, 0.05) is 44.6 Å². The van der Waals surface area contributed by atoms with Crippen molar-refractivity contribution in [3.63, 3.8) is 0 Å². The summed E-state index contributed by atoms with van der Waals surface area (Å²) in [6.45, 7) is 3.69. The van der Waals surface area contributed by atoms with Crippen molar-refractivity contribution in [2.75, 3.05) is 49.3 Å². The van der Waals surface area contributed by atoms with Crippen LogP contribution >= 0.6 is 0 Å². The number of nitrogens with zero attached hydrogens (tertiary/aromatic N) is 2. The number of amides is 3. The molecule has 170 valence electrons. The minimum Gasteiger partial charge on any atom is -0.378 e. The van der Waals surface area contributed by atoms with Gasteiger partial charge in [-0.3, -0.25) is 19.3 Å². The normalized spacial score (nSPS) is 14.5. The summed E-state index contributed by atoms with van der Waals surface area (Å²) in [5, 5.41) is 8.03. The number of rotatable bonds is 7. The highest BCUT2D eigenvalue weighted by Crippen LogP contribution is 2.26. The van der Waals surface area contributed by atoms with Crippen molar-refractivity contribution >= 4 is 34.8 Å². The Morgan fingerprint density at radius 1 is 0.938 bits per heavy atom.